The third kappa shape index (κ3) is 5.29. The van der Waals surface area contributed by atoms with Crippen molar-refractivity contribution in [3.8, 4) is 0 Å². The molecule has 0 spiro atoms. The zero-order valence-corrected chi connectivity index (χ0v) is 17.7. The Kier molecular flexibility index (Phi) is 6.43. The van der Waals surface area contributed by atoms with Gasteiger partial charge in [0.05, 0.1) is 12.2 Å². The molecule has 1 aliphatic rings. The topological polar surface area (TPSA) is 90.9 Å². The van der Waals surface area contributed by atoms with Gasteiger partial charge < -0.3 is 10.6 Å². The summed E-state index contributed by atoms with van der Waals surface area (Å²) in [5.74, 6) is -0.972. The largest absolute Gasteiger partial charge is 0.342 e. The molecule has 3 rings (SSSR count). The number of amides is 3. The molecule has 0 fully saturated rings. The number of nitrogens with one attached hydrogen (secondary N) is 2. The Balaban J connectivity index is 1.63. The van der Waals surface area contributed by atoms with Crippen LogP contribution >= 0.6 is 15.9 Å². The zero-order chi connectivity index (χ0) is 21.0. The molecule has 0 aromatic heterocycles. The Hall–Kier alpha value is -3.00. The highest BCUT2D eigenvalue weighted by Gasteiger charge is 2.25. The van der Waals surface area contributed by atoms with Gasteiger partial charge in [0.25, 0.3) is 5.91 Å². The lowest BCUT2D eigenvalue weighted by Crippen LogP contribution is -2.41. The van der Waals surface area contributed by atoms with Crippen LogP contribution in [-0.4, -0.2) is 30.0 Å². The number of halogens is 1. The van der Waals surface area contributed by atoms with E-state index in [9.17, 15) is 14.4 Å². The van der Waals surface area contributed by atoms with Crippen molar-refractivity contribution >= 4 is 50.7 Å². The van der Waals surface area contributed by atoms with Crippen LogP contribution in [0.3, 0.4) is 0 Å². The van der Waals surface area contributed by atoms with E-state index >= 15 is 0 Å². The van der Waals surface area contributed by atoms with E-state index in [1.807, 2.05) is 44.2 Å². The molecular formula is C21H21BrN4O3. The second-order valence-electron chi connectivity index (χ2n) is 6.78. The molecule has 2 aromatic carbocycles. The van der Waals surface area contributed by atoms with Crippen LogP contribution in [0.15, 0.2) is 52.0 Å². The highest BCUT2D eigenvalue weighted by molar-refractivity contribution is 9.10. The lowest BCUT2D eigenvalue weighted by Gasteiger charge is -2.23. The first-order valence-corrected chi connectivity index (χ1v) is 9.94. The fourth-order valence-corrected chi connectivity index (χ4v) is 3.38. The lowest BCUT2D eigenvalue weighted by atomic mass is 10.1. The Morgan fingerprint density at radius 1 is 1.14 bits per heavy atom. The first-order chi connectivity index (χ1) is 13.8. The fourth-order valence-electron chi connectivity index (χ4n) is 2.90. The zero-order valence-electron chi connectivity index (χ0n) is 16.2. The van der Waals surface area contributed by atoms with Crippen molar-refractivity contribution in [3.05, 3.63) is 58.1 Å². The Morgan fingerprint density at radius 3 is 2.66 bits per heavy atom. The summed E-state index contributed by atoms with van der Waals surface area (Å²) in [5, 5.41) is 10.8. The van der Waals surface area contributed by atoms with Gasteiger partial charge in [-0.3, -0.25) is 14.4 Å². The van der Waals surface area contributed by atoms with Gasteiger partial charge in [0.15, 0.2) is 0 Å². The van der Waals surface area contributed by atoms with Gasteiger partial charge in [-0.25, -0.2) is 5.01 Å². The molecule has 1 heterocycles. The Bertz CT molecular complexity index is 1000. The molecule has 0 atom stereocenters. The summed E-state index contributed by atoms with van der Waals surface area (Å²) in [7, 11) is 0. The van der Waals surface area contributed by atoms with Crippen LogP contribution in [-0.2, 0) is 14.4 Å². The number of hydrogen-bond donors (Lipinski definition) is 2. The first kappa shape index (κ1) is 20.7. The number of benzene rings is 2. The molecule has 0 saturated carbocycles. The average Bonchev–Trinajstić information content (AvgIpc) is 2.68. The molecule has 7 nitrogen and oxygen atoms in total. The molecule has 0 saturated heterocycles. The maximum absolute atomic E-state index is 12.5. The maximum atomic E-state index is 12.5. The van der Waals surface area contributed by atoms with Crippen molar-refractivity contribution in [1.29, 1.82) is 0 Å². The van der Waals surface area contributed by atoms with E-state index in [2.05, 4.69) is 31.7 Å². The van der Waals surface area contributed by atoms with Gasteiger partial charge in [0.1, 0.15) is 5.71 Å². The first-order valence-electron chi connectivity index (χ1n) is 9.15. The SMILES string of the molecule is Cc1cccc(N2N=C(C(=O)NCC(=O)Nc3ccc(Br)cc3C)CCC2=O)c1. The molecule has 3 amide bonds. The monoisotopic (exact) mass is 456 g/mol. The number of anilines is 2. The molecule has 1 aliphatic heterocycles. The minimum absolute atomic E-state index is 0.171. The second-order valence-corrected chi connectivity index (χ2v) is 7.70. The average molecular weight is 457 g/mol. The van der Waals surface area contributed by atoms with E-state index in [0.717, 1.165) is 15.6 Å². The van der Waals surface area contributed by atoms with Crippen LogP contribution in [0.2, 0.25) is 0 Å². The van der Waals surface area contributed by atoms with Crippen LogP contribution in [0, 0.1) is 13.8 Å². The van der Waals surface area contributed by atoms with Gasteiger partial charge in [0.2, 0.25) is 11.8 Å². The fraction of sp³-hybridized carbons (Fsp3) is 0.238. The van der Waals surface area contributed by atoms with Crippen LogP contribution in [0.1, 0.15) is 24.0 Å². The molecule has 2 N–H and O–H groups in total. The van der Waals surface area contributed by atoms with E-state index < -0.39 is 5.91 Å². The van der Waals surface area contributed by atoms with Crippen molar-refractivity contribution in [2.75, 3.05) is 16.9 Å². The molecule has 8 heteroatoms. The van der Waals surface area contributed by atoms with Crippen molar-refractivity contribution in [2.24, 2.45) is 5.10 Å². The van der Waals surface area contributed by atoms with Gasteiger partial charge in [0, 0.05) is 23.0 Å². The summed E-state index contributed by atoms with van der Waals surface area (Å²) in [6.45, 7) is 3.61. The summed E-state index contributed by atoms with van der Waals surface area (Å²) < 4.78 is 0.921. The molecule has 150 valence electrons. The minimum atomic E-state index is -0.460. The van der Waals surface area contributed by atoms with Gasteiger partial charge >= 0.3 is 0 Å². The minimum Gasteiger partial charge on any atom is -0.342 e. The molecule has 0 aliphatic carbocycles. The lowest BCUT2D eigenvalue weighted by molar-refractivity contribution is -0.120. The predicted octanol–water partition coefficient (Wildman–Crippen LogP) is 3.30. The number of hydrogen-bond acceptors (Lipinski definition) is 4. The quantitative estimate of drug-likeness (QED) is 0.722. The number of rotatable bonds is 5. The maximum Gasteiger partial charge on any atom is 0.267 e. The van der Waals surface area contributed by atoms with Crippen LogP contribution in [0.5, 0.6) is 0 Å². The summed E-state index contributed by atoms with van der Waals surface area (Å²) in [4.78, 5) is 36.8. The summed E-state index contributed by atoms with van der Waals surface area (Å²) in [6.07, 6.45) is 0.422. The van der Waals surface area contributed by atoms with E-state index in [-0.39, 0.29) is 36.9 Å². The highest BCUT2D eigenvalue weighted by atomic mass is 79.9. The molecule has 0 radical (unpaired) electrons. The summed E-state index contributed by atoms with van der Waals surface area (Å²) >= 11 is 3.38. The smallest absolute Gasteiger partial charge is 0.267 e. The molecule has 29 heavy (non-hydrogen) atoms. The Morgan fingerprint density at radius 2 is 1.93 bits per heavy atom. The van der Waals surface area contributed by atoms with Crippen molar-refractivity contribution in [3.63, 3.8) is 0 Å². The standard InChI is InChI=1S/C21H21BrN4O3/c1-13-4-3-5-16(10-13)26-20(28)9-8-18(25-26)21(29)23-12-19(27)24-17-7-6-15(22)11-14(17)2/h3-7,10-11H,8-9,12H2,1-2H3,(H,23,29)(H,24,27). The van der Waals surface area contributed by atoms with E-state index in [0.29, 0.717) is 11.4 Å². The van der Waals surface area contributed by atoms with E-state index in [1.54, 1.807) is 12.1 Å². The van der Waals surface area contributed by atoms with Crippen molar-refractivity contribution in [1.82, 2.24) is 5.32 Å². The molecule has 2 aromatic rings. The van der Waals surface area contributed by atoms with E-state index in [4.69, 9.17) is 0 Å². The molecular weight excluding hydrogens is 436 g/mol. The van der Waals surface area contributed by atoms with Crippen molar-refractivity contribution in [2.45, 2.75) is 26.7 Å². The third-order valence-corrected chi connectivity index (χ3v) is 4.91. The number of nitrogens with zero attached hydrogens (tertiary/aromatic N) is 2. The van der Waals surface area contributed by atoms with Crippen molar-refractivity contribution < 1.29 is 14.4 Å². The number of aryl methyl sites for hydroxylation is 2. The van der Waals surface area contributed by atoms with Gasteiger partial charge in [-0.05, 0) is 55.3 Å². The summed E-state index contributed by atoms with van der Waals surface area (Å²) in [5.41, 5.74) is 3.41. The normalized spacial score (nSPS) is 13.7. The summed E-state index contributed by atoms with van der Waals surface area (Å²) in [6, 6.07) is 12.9. The van der Waals surface area contributed by atoms with Crippen LogP contribution in [0.4, 0.5) is 11.4 Å². The van der Waals surface area contributed by atoms with Crippen LogP contribution < -0.4 is 15.6 Å². The van der Waals surface area contributed by atoms with Gasteiger partial charge in [-0.2, -0.15) is 5.10 Å². The van der Waals surface area contributed by atoms with Crippen LogP contribution in [0.25, 0.3) is 0 Å². The molecule has 0 unspecified atom stereocenters. The molecule has 0 bridgehead atoms. The number of hydrazone groups is 1. The Labute approximate surface area is 177 Å². The second kappa shape index (κ2) is 9.00. The third-order valence-electron chi connectivity index (χ3n) is 4.41. The van der Waals surface area contributed by atoms with Gasteiger partial charge in [-0.15, -0.1) is 0 Å². The predicted molar refractivity (Wildman–Crippen MR) is 116 cm³/mol. The highest BCUT2D eigenvalue weighted by Crippen LogP contribution is 2.22. The van der Waals surface area contributed by atoms with Gasteiger partial charge in [-0.1, -0.05) is 28.1 Å². The number of carbonyl (C=O) groups excluding carboxylic acids is 3. The number of carbonyl (C=O) groups is 3. The van der Waals surface area contributed by atoms with E-state index in [1.165, 1.54) is 5.01 Å².